The number of aromatic nitrogens is 4. The molecule has 6 aromatic carbocycles. The minimum atomic E-state index is -0.121. The summed E-state index contributed by atoms with van der Waals surface area (Å²) in [5.74, 6) is 2.09. The van der Waals surface area contributed by atoms with Gasteiger partial charge in [0.15, 0.2) is 11.6 Å². The first-order chi connectivity index (χ1) is 35.4. The first-order valence-electron chi connectivity index (χ1n) is 26.7. The average Bonchev–Trinajstić information content (AvgIpc) is 4.21. The van der Waals surface area contributed by atoms with Crippen molar-refractivity contribution >= 4 is 66.3 Å². The van der Waals surface area contributed by atoms with Crippen LogP contribution in [-0.2, 0) is 16.2 Å². The largest absolute Gasteiger partial charge is 0.306 e. The highest BCUT2D eigenvalue weighted by Gasteiger charge is 2.45. The molecule has 9 aromatic rings. The predicted octanol–water partition coefficient (Wildman–Crippen LogP) is 17.1. The number of fused-ring (bicyclic) bond motifs is 16. The van der Waals surface area contributed by atoms with Gasteiger partial charge in [-0.3, -0.25) is 9.47 Å². The van der Waals surface area contributed by atoms with Gasteiger partial charge in [0.25, 0.3) is 0 Å². The summed E-state index contributed by atoms with van der Waals surface area (Å²) in [6, 6.07) is 44.5. The van der Waals surface area contributed by atoms with Crippen molar-refractivity contribution in [1.29, 1.82) is 0 Å². The summed E-state index contributed by atoms with van der Waals surface area (Å²) in [4.78, 5) is 2.50. The Balaban J connectivity index is 1.02. The van der Waals surface area contributed by atoms with Crippen LogP contribution in [0.1, 0.15) is 119 Å². The van der Waals surface area contributed by atoms with Crippen LogP contribution in [0.2, 0.25) is 0 Å². The van der Waals surface area contributed by atoms with Crippen LogP contribution in [0.25, 0.3) is 77.4 Å². The molecule has 0 saturated carbocycles. The Morgan fingerprint density at radius 1 is 0.507 bits per heavy atom. The fraction of sp³-hybridized carbons (Fsp3) is 0.235. The summed E-state index contributed by atoms with van der Waals surface area (Å²) in [6.45, 7) is 16.8. The van der Waals surface area contributed by atoms with Crippen molar-refractivity contribution in [3.63, 3.8) is 0 Å². The molecule has 5 nitrogen and oxygen atoms in total. The van der Waals surface area contributed by atoms with Crippen LogP contribution < -0.4 is 4.90 Å². The maximum absolute atomic E-state index is 5.64. The Bertz CT molecular complexity index is 4260. The van der Waals surface area contributed by atoms with E-state index in [0.717, 1.165) is 59.6 Å². The lowest BCUT2D eigenvalue weighted by molar-refractivity contribution is 0.613. The summed E-state index contributed by atoms with van der Waals surface area (Å²) in [7, 11) is 0. The molecule has 2 unspecified atom stereocenters. The Labute approximate surface area is 426 Å². The zero-order valence-corrected chi connectivity index (χ0v) is 42.7. The number of anilines is 2. The number of para-hydroxylation sites is 2. The molecule has 0 amide bonds. The van der Waals surface area contributed by atoms with Crippen LogP contribution >= 0.6 is 0 Å². The van der Waals surface area contributed by atoms with Gasteiger partial charge >= 0.3 is 0 Å². The Hall–Kier alpha value is -7.76. The molecule has 0 N–H and O–H groups in total. The van der Waals surface area contributed by atoms with E-state index in [2.05, 4.69) is 220 Å². The highest BCUT2D eigenvalue weighted by molar-refractivity contribution is 6.13. The van der Waals surface area contributed by atoms with Crippen molar-refractivity contribution < 1.29 is 0 Å². The second-order valence-electron chi connectivity index (χ2n) is 23.6. The van der Waals surface area contributed by atoms with Gasteiger partial charge in [-0.1, -0.05) is 152 Å². The zero-order valence-electron chi connectivity index (χ0n) is 42.7. The SMILES string of the molecule is CC1C=CC=C2C1c1cc3c(cc1N2c1nnc(-n2c4ccccc4c4cc5c(cc42)C2=C(C=CCC2)C5(C)C)cc1-n1c2ccccc2c2cc4c(cc21)C1=C(C=CCC1)C4(C)C)-c1ccccc1C3(C)C. The molecule has 0 radical (unpaired) electrons. The number of hydrogen-bond acceptors (Lipinski definition) is 3. The van der Waals surface area contributed by atoms with Crippen LogP contribution in [0.15, 0.2) is 175 Å². The second-order valence-corrected chi connectivity index (χ2v) is 23.6. The van der Waals surface area contributed by atoms with E-state index in [1.807, 2.05) is 0 Å². The number of nitrogens with zero attached hydrogens (tertiary/aromatic N) is 5. The van der Waals surface area contributed by atoms with E-state index < -0.39 is 0 Å². The van der Waals surface area contributed by atoms with Crippen LogP contribution in [0.5, 0.6) is 0 Å². The Morgan fingerprint density at radius 2 is 1.10 bits per heavy atom. The molecule has 0 saturated heterocycles. The third-order valence-electron chi connectivity index (χ3n) is 18.8. The lowest BCUT2D eigenvalue weighted by Gasteiger charge is -2.28. The van der Waals surface area contributed by atoms with Crippen molar-refractivity contribution in [2.75, 3.05) is 4.90 Å². The van der Waals surface area contributed by atoms with E-state index in [1.165, 1.54) is 111 Å². The molecule has 73 heavy (non-hydrogen) atoms. The van der Waals surface area contributed by atoms with Gasteiger partial charge in [-0.05, 0) is 153 Å². The molecule has 7 aliphatic rings. The molecule has 5 heteroatoms. The molecule has 1 aliphatic heterocycles. The average molecular weight is 944 g/mol. The first-order valence-corrected chi connectivity index (χ1v) is 26.7. The molecular formula is C68H57N5. The van der Waals surface area contributed by atoms with Gasteiger partial charge in [0.1, 0.15) is 0 Å². The maximum Gasteiger partial charge on any atom is 0.184 e. The molecule has 0 spiro atoms. The van der Waals surface area contributed by atoms with Gasteiger partial charge in [-0.25, -0.2) is 0 Å². The van der Waals surface area contributed by atoms with Gasteiger partial charge in [-0.2, -0.15) is 0 Å². The summed E-state index contributed by atoms with van der Waals surface area (Å²) < 4.78 is 4.95. The molecule has 0 fully saturated rings. The smallest absolute Gasteiger partial charge is 0.184 e. The second kappa shape index (κ2) is 14.0. The van der Waals surface area contributed by atoms with E-state index in [9.17, 15) is 0 Å². The van der Waals surface area contributed by atoms with Gasteiger partial charge in [0.05, 0.1) is 33.4 Å². The van der Waals surface area contributed by atoms with E-state index in [0.29, 0.717) is 0 Å². The topological polar surface area (TPSA) is 38.9 Å². The molecule has 0 bridgehead atoms. The maximum atomic E-state index is 5.64. The number of benzene rings is 6. The molecule has 2 atom stereocenters. The molecular weight excluding hydrogens is 887 g/mol. The predicted molar refractivity (Wildman–Crippen MR) is 303 cm³/mol. The van der Waals surface area contributed by atoms with Crippen molar-refractivity contribution in [1.82, 2.24) is 19.3 Å². The number of allylic oxidation sites excluding steroid dienone is 12. The lowest BCUT2D eigenvalue weighted by Crippen LogP contribution is -2.21. The summed E-state index contributed by atoms with van der Waals surface area (Å²) >= 11 is 0. The monoisotopic (exact) mass is 943 g/mol. The summed E-state index contributed by atoms with van der Waals surface area (Å²) in [6.07, 6.45) is 20.8. The van der Waals surface area contributed by atoms with Crippen molar-refractivity contribution in [3.8, 4) is 22.6 Å². The summed E-state index contributed by atoms with van der Waals surface area (Å²) in [5, 5.41) is 16.1. The normalized spacial score (nSPS) is 21.0. The number of hydrogen-bond donors (Lipinski definition) is 0. The quantitative estimate of drug-likeness (QED) is 0.177. The van der Waals surface area contributed by atoms with E-state index >= 15 is 0 Å². The highest BCUT2D eigenvalue weighted by atomic mass is 15.3. The minimum absolute atomic E-state index is 0.0768. The molecule has 354 valence electrons. The Kier molecular flexibility index (Phi) is 8.05. The fourth-order valence-corrected chi connectivity index (χ4v) is 15.3. The van der Waals surface area contributed by atoms with Gasteiger partial charge < -0.3 is 4.57 Å². The highest BCUT2D eigenvalue weighted by Crippen LogP contribution is 2.60. The third-order valence-corrected chi connectivity index (χ3v) is 18.8. The Morgan fingerprint density at radius 3 is 1.77 bits per heavy atom. The molecule has 4 heterocycles. The molecule has 6 aliphatic carbocycles. The van der Waals surface area contributed by atoms with Crippen molar-refractivity contribution in [3.05, 3.63) is 214 Å². The standard InChI is InChI=1S/C68H57N5/c1-38-19-18-30-58-64(38)49-33-55-46(41-22-10-15-27-52(41)68(55,6)7)36-61(49)73(58)65-62(71-56-28-16-11-23-42(56)47-31-53-44(34-59(47)71)39-20-8-13-25-50(39)66(53,2)3)37-63(69-70-65)72-57-29-17-12-24-43(57)48-32-54-45(35-60(48)72)40-21-9-14-26-51(40)67(54,4)5/h10-19,22-38,64H,8-9,20-21H2,1-7H3. The van der Waals surface area contributed by atoms with Gasteiger partial charge in [-0.15, -0.1) is 10.2 Å². The minimum Gasteiger partial charge on any atom is -0.306 e. The first kappa shape index (κ1) is 41.8. The molecule has 3 aromatic heterocycles. The van der Waals surface area contributed by atoms with E-state index in [1.54, 1.807) is 0 Å². The van der Waals surface area contributed by atoms with Crippen molar-refractivity contribution in [2.45, 2.75) is 96.3 Å². The van der Waals surface area contributed by atoms with Crippen LogP contribution in [-0.4, -0.2) is 19.3 Å². The molecule has 16 rings (SSSR count). The van der Waals surface area contributed by atoms with E-state index in [-0.39, 0.29) is 28.1 Å². The fourth-order valence-electron chi connectivity index (χ4n) is 15.3. The van der Waals surface area contributed by atoms with Crippen LogP contribution in [0.3, 0.4) is 0 Å². The van der Waals surface area contributed by atoms with Crippen molar-refractivity contribution in [2.24, 2.45) is 5.92 Å². The summed E-state index contributed by atoms with van der Waals surface area (Å²) in [5.41, 5.74) is 26.1. The lowest BCUT2D eigenvalue weighted by atomic mass is 9.79. The third kappa shape index (κ3) is 5.22. The van der Waals surface area contributed by atoms with Crippen LogP contribution in [0.4, 0.5) is 11.5 Å². The zero-order chi connectivity index (χ0) is 49.0. The van der Waals surface area contributed by atoms with Crippen LogP contribution in [0, 0.1) is 5.92 Å². The van der Waals surface area contributed by atoms with Gasteiger partial charge in [0.2, 0.25) is 0 Å². The van der Waals surface area contributed by atoms with Gasteiger partial charge in [0, 0.05) is 55.5 Å². The van der Waals surface area contributed by atoms with E-state index in [4.69, 9.17) is 10.2 Å². The number of rotatable bonds is 3.